The zero-order valence-electron chi connectivity index (χ0n) is 22.2. The Bertz CT molecular complexity index is 1360. The number of aryl methyl sites for hydroxylation is 1. The van der Waals surface area contributed by atoms with E-state index in [9.17, 15) is 18.4 Å². The third kappa shape index (κ3) is 6.38. The van der Waals surface area contributed by atoms with Crippen LogP contribution in [0.3, 0.4) is 0 Å². The van der Waals surface area contributed by atoms with Gasteiger partial charge >= 0.3 is 0 Å². The molecule has 1 atom stereocenters. The Morgan fingerprint density at radius 2 is 2.03 bits per heavy atom. The van der Waals surface area contributed by atoms with Gasteiger partial charge in [0.1, 0.15) is 16.7 Å². The summed E-state index contributed by atoms with van der Waals surface area (Å²) in [5, 5.41) is 11.3. The topological polar surface area (TPSA) is 104 Å². The van der Waals surface area contributed by atoms with Crippen LogP contribution < -0.4 is 16.0 Å². The second-order valence-electron chi connectivity index (χ2n) is 9.63. The highest BCUT2D eigenvalue weighted by atomic mass is 32.1. The van der Waals surface area contributed by atoms with Crippen molar-refractivity contribution >= 4 is 40.0 Å². The fraction of sp³-hybridized carbons (Fsp3) is 0.357. The van der Waals surface area contributed by atoms with Gasteiger partial charge in [-0.1, -0.05) is 25.2 Å². The second-order valence-corrected chi connectivity index (χ2v) is 10.6. The van der Waals surface area contributed by atoms with Crippen LogP contribution in [0.15, 0.2) is 53.7 Å². The number of allylic oxidation sites excluding steroid dienone is 4. The van der Waals surface area contributed by atoms with Crippen molar-refractivity contribution in [2.75, 3.05) is 25.5 Å². The molecule has 0 spiro atoms. The molecule has 0 aromatic carbocycles. The van der Waals surface area contributed by atoms with Gasteiger partial charge in [0.05, 0.1) is 17.8 Å². The SMILES string of the molecule is CCc1ccc(N(CC2=C(F)CCC=C2F)c2sc(C3=CCC(N)C=C3)c(CN(C)C)c2C(=O)NC=O)nn1. The highest BCUT2D eigenvalue weighted by molar-refractivity contribution is 7.18. The molecule has 39 heavy (non-hydrogen) atoms. The van der Waals surface area contributed by atoms with Gasteiger partial charge in [0.25, 0.3) is 5.91 Å². The smallest absolute Gasteiger partial charge is 0.260 e. The van der Waals surface area contributed by atoms with Crippen LogP contribution in [0.5, 0.6) is 0 Å². The van der Waals surface area contributed by atoms with Crippen LogP contribution >= 0.6 is 11.3 Å². The molecule has 0 saturated heterocycles. The number of amides is 2. The van der Waals surface area contributed by atoms with Crippen LogP contribution in [0.2, 0.25) is 0 Å². The normalized spacial score (nSPS) is 17.3. The largest absolute Gasteiger partial charge is 0.324 e. The fourth-order valence-electron chi connectivity index (χ4n) is 4.50. The van der Waals surface area contributed by atoms with Crippen molar-refractivity contribution in [3.8, 4) is 0 Å². The molecule has 0 saturated carbocycles. The number of hydrogen-bond acceptors (Lipinski definition) is 8. The van der Waals surface area contributed by atoms with E-state index in [2.05, 4.69) is 15.5 Å². The van der Waals surface area contributed by atoms with E-state index in [0.717, 1.165) is 16.1 Å². The van der Waals surface area contributed by atoms with E-state index in [0.29, 0.717) is 42.2 Å². The summed E-state index contributed by atoms with van der Waals surface area (Å²) in [5.74, 6) is -1.48. The lowest BCUT2D eigenvalue weighted by atomic mass is 9.98. The standard InChI is InChI=1S/C28H32F2N6O2S/c1-4-19-12-13-24(34-33-19)36(15-20-22(29)6-5-7-23(20)30)28-25(27(38)32-16-37)21(14-35(2)3)26(39-28)17-8-10-18(31)11-9-17/h6,8-10,12-13,16,18H,4-5,7,11,14-15,31H2,1-3H3,(H,32,37,38). The number of carbonyl (C=O) groups is 2. The van der Waals surface area contributed by atoms with Crippen molar-refractivity contribution in [3.05, 3.63) is 75.4 Å². The van der Waals surface area contributed by atoms with Gasteiger partial charge < -0.3 is 15.5 Å². The Morgan fingerprint density at radius 1 is 1.23 bits per heavy atom. The first-order chi connectivity index (χ1) is 18.7. The summed E-state index contributed by atoms with van der Waals surface area (Å²) in [6.07, 6.45) is 9.16. The highest BCUT2D eigenvalue weighted by Gasteiger charge is 2.31. The number of halogens is 2. The van der Waals surface area contributed by atoms with Gasteiger partial charge in [0, 0.05) is 29.5 Å². The zero-order chi connectivity index (χ0) is 28.1. The average Bonchev–Trinajstić information content (AvgIpc) is 3.27. The molecule has 3 N–H and O–H groups in total. The molecule has 4 rings (SSSR count). The van der Waals surface area contributed by atoms with Crippen LogP contribution in [0, 0.1) is 0 Å². The number of anilines is 2. The van der Waals surface area contributed by atoms with E-state index in [-0.39, 0.29) is 36.6 Å². The van der Waals surface area contributed by atoms with Crippen LogP contribution in [-0.2, 0) is 17.8 Å². The Kier molecular flexibility index (Phi) is 9.16. The van der Waals surface area contributed by atoms with E-state index in [1.54, 1.807) is 17.0 Å². The van der Waals surface area contributed by atoms with Gasteiger partial charge in [-0.15, -0.1) is 16.4 Å². The Balaban J connectivity index is 1.96. The van der Waals surface area contributed by atoms with Crippen LogP contribution in [-0.4, -0.2) is 54.1 Å². The van der Waals surface area contributed by atoms with Crippen molar-refractivity contribution in [1.29, 1.82) is 0 Å². The molecule has 0 radical (unpaired) electrons. The van der Waals surface area contributed by atoms with E-state index in [1.165, 1.54) is 17.4 Å². The molecular weight excluding hydrogens is 522 g/mol. The van der Waals surface area contributed by atoms with Gasteiger partial charge in [-0.2, -0.15) is 5.10 Å². The first-order valence-electron chi connectivity index (χ1n) is 12.8. The lowest BCUT2D eigenvalue weighted by Crippen LogP contribution is -2.28. The predicted molar refractivity (Wildman–Crippen MR) is 150 cm³/mol. The summed E-state index contributed by atoms with van der Waals surface area (Å²) in [7, 11) is 3.75. The molecule has 0 bridgehead atoms. The third-order valence-electron chi connectivity index (χ3n) is 6.48. The third-order valence-corrected chi connectivity index (χ3v) is 7.79. The number of aromatic nitrogens is 2. The molecule has 11 heteroatoms. The van der Waals surface area contributed by atoms with Crippen molar-refractivity contribution in [3.63, 3.8) is 0 Å². The summed E-state index contributed by atoms with van der Waals surface area (Å²) in [6, 6.07) is 3.41. The van der Waals surface area contributed by atoms with E-state index in [1.807, 2.05) is 44.1 Å². The van der Waals surface area contributed by atoms with Gasteiger partial charge in [-0.05, 0) is 62.7 Å². The van der Waals surface area contributed by atoms with Gasteiger partial charge in [0.15, 0.2) is 5.82 Å². The monoisotopic (exact) mass is 554 g/mol. The predicted octanol–water partition coefficient (Wildman–Crippen LogP) is 4.73. The minimum absolute atomic E-state index is 0.0923. The molecular formula is C28H32F2N6O2S. The fourth-order valence-corrected chi connectivity index (χ4v) is 5.84. The van der Waals surface area contributed by atoms with E-state index >= 15 is 0 Å². The van der Waals surface area contributed by atoms with Gasteiger partial charge in [0.2, 0.25) is 6.41 Å². The molecule has 2 aliphatic carbocycles. The Hall–Kier alpha value is -3.54. The summed E-state index contributed by atoms with van der Waals surface area (Å²) < 4.78 is 29.9. The molecule has 2 aromatic rings. The first kappa shape index (κ1) is 28.5. The number of nitrogens with one attached hydrogen (secondary N) is 1. The molecule has 0 aliphatic heterocycles. The number of nitrogens with two attached hydrogens (primary N) is 1. The van der Waals surface area contributed by atoms with Gasteiger partial charge in [-0.3, -0.25) is 14.9 Å². The number of hydrogen-bond donors (Lipinski definition) is 2. The van der Waals surface area contributed by atoms with Crippen LogP contribution in [0.4, 0.5) is 19.6 Å². The highest BCUT2D eigenvalue weighted by Crippen LogP contribution is 2.45. The summed E-state index contributed by atoms with van der Waals surface area (Å²) >= 11 is 1.30. The summed E-state index contributed by atoms with van der Waals surface area (Å²) in [6.45, 7) is 2.11. The van der Waals surface area contributed by atoms with Crippen molar-refractivity contribution in [1.82, 2.24) is 20.4 Å². The van der Waals surface area contributed by atoms with Gasteiger partial charge in [-0.25, -0.2) is 8.78 Å². The van der Waals surface area contributed by atoms with Crippen LogP contribution in [0.25, 0.3) is 5.57 Å². The molecule has 206 valence electrons. The summed E-state index contributed by atoms with van der Waals surface area (Å²) in [5.41, 5.74) is 8.50. The number of rotatable bonds is 10. The number of imide groups is 1. The Labute approximate surface area is 230 Å². The maximum absolute atomic E-state index is 14.9. The molecule has 0 fully saturated rings. The minimum atomic E-state index is -0.641. The number of thiophene rings is 1. The Morgan fingerprint density at radius 3 is 2.62 bits per heavy atom. The van der Waals surface area contributed by atoms with E-state index in [4.69, 9.17) is 5.73 Å². The minimum Gasteiger partial charge on any atom is -0.324 e. The van der Waals surface area contributed by atoms with Crippen molar-refractivity contribution in [2.24, 2.45) is 5.73 Å². The second kappa shape index (κ2) is 12.5. The maximum atomic E-state index is 14.9. The molecule has 8 nitrogen and oxygen atoms in total. The molecule has 2 aliphatic rings. The maximum Gasteiger partial charge on any atom is 0.260 e. The summed E-state index contributed by atoms with van der Waals surface area (Å²) in [4.78, 5) is 29.1. The van der Waals surface area contributed by atoms with E-state index < -0.39 is 17.6 Å². The first-order valence-corrected chi connectivity index (χ1v) is 13.6. The lowest BCUT2D eigenvalue weighted by molar-refractivity contribution is -0.108. The van der Waals surface area contributed by atoms with Crippen molar-refractivity contribution < 1.29 is 18.4 Å². The number of carbonyl (C=O) groups excluding carboxylic acids is 2. The number of nitrogens with zero attached hydrogens (tertiary/aromatic N) is 4. The lowest BCUT2D eigenvalue weighted by Gasteiger charge is -2.25. The quantitative estimate of drug-likeness (QED) is 0.409. The molecule has 2 amide bonds. The zero-order valence-corrected chi connectivity index (χ0v) is 23.0. The molecule has 2 aromatic heterocycles. The van der Waals surface area contributed by atoms with Crippen molar-refractivity contribution in [2.45, 2.75) is 45.2 Å². The molecule has 1 unspecified atom stereocenters. The van der Waals surface area contributed by atoms with Crippen LogP contribution in [0.1, 0.15) is 52.7 Å². The average molecular weight is 555 g/mol. The molecule has 2 heterocycles.